The average Bonchev–Trinajstić information content (AvgIpc) is 3.71. The van der Waals surface area contributed by atoms with Gasteiger partial charge in [0.15, 0.2) is 17.0 Å². The molecule has 6 aromatic heterocycles. The molecule has 254 valence electrons. The van der Waals surface area contributed by atoms with Gasteiger partial charge in [-0.15, -0.1) is 0 Å². The third-order valence-electron chi connectivity index (χ3n) is 7.48. The molecule has 0 fully saturated rings. The second-order valence-corrected chi connectivity index (χ2v) is 13.6. The Kier molecular flexibility index (Phi) is 8.88. The minimum atomic E-state index is -3.62. The summed E-state index contributed by atoms with van der Waals surface area (Å²) in [7, 11) is -3.62. The highest BCUT2D eigenvalue weighted by Crippen LogP contribution is 2.33. The van der Waals surface area contributed by atoms with Gasteiger partial charge in [0.05, 0.1) is 46.6 Å². The van der Waals surface area contributed by atoms with E-state index in [9.17, 15) is 22.4 Å². The van der Waals surface area contributed by atoms with Gasteiger partial charge >= 0.3 is 0 Å². The quantitative estimate of drug-likeness (QED) is 0.0942. The summed E-state index contributed by atoms with van der Waals surface area (Å²) in [6.07, 6.45) is 15.3. The average molecular weight is 723 g/mol. The smallest absolute Gasteiger partial charge is 0.247 e. The maximum absolute atomic E-state index is 13.3. The molecule has 8 rings (SSSR count). The molecule has 2 aromatic carbocycles. The number of imidazole rings is 2. The molecule has 13 nitrogen and oxygen atoms in total. The molecule has 0 saturated carbocycles. The van der Waals surface area contributed by atoms with E-state index in [1.165, 1.54) is 60.8 Å². The fraction of sp³-hybridized carbons (Fsp3) is 0.0588. The Labute approximate surface area is 292 Å². The Balaban J connectivity index is 0.000000160. The first-order valence-corrected chi connectivity index (χ1v) is 18.1. The standard InChI is InChI=1S/C17H12FN5O3S.C17H12FN5S/c1-27(25,26)17-19-7-6-13(20-17)16-15(11-2-4-12(18)5-3-11)21-14-10-22(24)8-9-23(14)16;1-24-17-20-7-6-13(21-17)16-15(11-2-4-12(18)5-3-11)22-14-10-19-8-9-23(14)16/h2-10H,1H3;2-10H,1H3. The van der Waals surface area contributed by atoms with E-state index in [-0.39, 0.29) is 11.0 Å². The van der Waals surface area contributed by atoms with Gasteiger partial charge in [0.25, 0.3) is 0 Å². The number of sulfone groups is 1. The third-order valence-corrected chi connectivity index (χ3v) is 8.90. The Morgan fingerprint density at radius 2 is 1.29 bits per heavy atom. The fourth-order valence-electron chi connectivity index (χ4n) is 5.22. The molecular weight excluding hydrogens is 699 g/mol. The number of fused-ring (bicyclic) bond motifs is 2. The third kappa shape index (κ3) is 6.84. The number of hydrogen-bond donors (Lipinski definition) is 0. The van der Waals surface area contributed by atoms with Gasteiger partial charge in [-0.1, -0.05) is 11.8 Å². The van der Waals surface area contributed by atoms with Crippen molar-refractivity contribution in [3.8, 4) is 45.3 Å². The van der Waals surface area contributed by atoms with Gasteiger partial charge in [-0.05, 0) is 66.9 Å². The van der Waals surface area contributed by atoms with Crippen molar-refractivity contribution in [2.24, 2.45) is 0 Å². The number of nitrogens with zero attached hydrogens (tertiary/aromatic N) is 10. The zero-order chi connectivity index (χ0) is 35.7. The lowest BCUT2D eigenvalue weighted by Gasteiger charge is -2.06. The molecule has 0 amide bonds. The molecule has 0 atom stereocenters. The Hall–Kier alpha value is -6.20. The normalized spacial score (nSPS) is 11.5. The summed E-state index contributed by atoms with van der Waals surface area (Å²) in [5.41, 5.74) is 5.96. The van der Waals surface area contributed by atoms with E-state index in [1.807, 2.05) is 22.9 Å². The fourth-order valence-corrected chi connectivity index (χ4v) is 6.09. The van der Waals surface area contributed by atoms with Crippen LogP contribution in [-0.4, -0.2) is 64.6 Å². The van der Waals surface area contributed by atoms with Crippen molar-refractivity contribution in [3.63, 3.8) is 0 Å². The molecule has 0 bridgehead atoms. The lowest BCUT2D eigenvalue weighted by atomic mass is 10.1. The van der Waals surface area contributed by atoms with Crippen molar-refractivity contribution in [2.45, 2.75) is 10.3 Å². The van der Waals surface area contributed by atoms with Crippen molar-refractivity contribution >= 4 is 32.9 Å². The molecule has 51 heavy (non-hydrogen) atoms. The van der Waals surface area contributed by atoms with Gasteiger partial charge in [-0.25, -0.2) is 47.1 Å². The van der Waals surface area contributed by atoms with E-state index >= 15 is 0 Å². The summed E-state index contributed by atoms with van der Waals surface area (Å²) in [6.45, 7) is 0. The van der Waals surface area contributed by atoms with Crippen molar-refractivity contribution in [2.75, 3.05) is 12.5 Å². The van der Waals surface area contributed by atoms with Gasteiger partial charge in [0.2, 0.25) is 26.8 Å². The van der Waals surface area contributed by atoms with Crippen LogP contribution in [0.1, 0.15) is 0 Å². The van der Waals surface area contributed by atoms with Crippen molar-refractivity contribution in [3.05, 3.63) is 127 Å². The van der Waals surface area contributed by atoms with Crippen molar-refractivity contribution in [1.29, 1.82) is 0 Å². The van der Waals surface area contributed by atoms with E-state index < -0.39 is 15.7 Å². The molecule has 0 saturated heterocycles. The van der Waals surface area contributed by atoms with Crippen molar-refractivity contribution in [1.82, 2.24) is 43.7 Å². The maximum atomic E-state index is 13.3. The lowest BCUT2D eigenvalue weighted by Crippen LogP contribution is -2.24. The maximum Gasteiger partial charge on any atom is 0.247 e. The number of rotatable bonds is 6. The molecule has 0 spiro atoms. The summed E-state index contributed by atoms with van der Waals surface area (Å²) >= 11 is 1.48. The van der Waals surface area contributed by atoms with E-state index in [2.05, 4.69) is 34.9 Å². The zero-order valence-corrected chi connectivity index (χ0v) is 28.3. The molecule has 17 heteroatoms. The van der Waals surface area contributed by atoms with E-state index in [1.54, 1.807) is 53.3 Å². The topological polar surface area (TPSA) is 160 Å². The van der Waals surface area contributed by atoms with Crippen LogP contribution in [0, 0.1) is 16.8 Å². The van der Waals surface area contributed by atoms with Gasteiger partial charge in [-0.3, -0.25) is 13.8 Å². The minimum absolute atomic E-state index is 0.280. The number of hydrogen-bond acceptors (Lipinski definition) is 11. The Morgan fingerprint density at radius 3 is 1.90 bits per heavy atom. The zero-order valence-electron chi connectivity index (χ0n) is 26.7. The predicted octanol–water partition coefficient (Wildman–Crippen LogP) is 5.35. The van der Waals surface area contributed by atoms with Crippen LogP contribution in [0.3, 0.4) is 0 Å². The van der Waals surface area contributed by atoms with Crippen LogP contribution < -0.4 is 4.73 Å². The van der Waals surface area contributed by atoms with E-state index in [0.717, 1.165) is 28.9 Å². The molecule has 0 aliphatic rings. The number of halogens is 2. The van der Waals surface area contributed by atoms with Crippen LogP contribution in [0.5, 0.6) is 0 Å². The summed E-state index contributed by atoms with van der Waals surface area (Å²) in [6, 6.07) is 15.3. The first-order valence-electron chi connectivity index (χ1n) is 14.9. The summed E-state index contributed by atoms with van der Waals surface area (Å²) in [4.78, 5) is 30.0. The van der Waals surface area contributed by atoms with Crippen LogP contribution in [0.4, 0.5) is 8.78 Å². The van der Waals surface area contributed by atoms with Crippen molar-refractivity contribution < 1.29 is 21.9 Å². The van der Waals surface area contributed by atoms with Crippen LogP contribution in [-0.2, 0) is 9.84 Å². The second kappa shape index (κ2) is 13.6. The van der Waals surface area contributed by atoms with Gasteiger partial charge in [0.1, 0.15) is 11.6 Å². The van der Waals surface area contributed by atoms with Gasteiger partial charge in [0, 0.05) is 42.2 Å². The summed E-state index contributed by atoms with van der Waals surface area (Å²) < 4.78 is 54.4. The predicted molar refractivity (Wildman–Crippen MR) is 185 cm³/mol. The van der Waals surface area contributed by atoms with E-state index in [4.69, 9.17) is 0 Å². The minimum Gasteiger partial charge on any atom is -0.619 e. The highest BCUT2D eigenvalue weighted by atomic mass is 32.2. The molecule has 0 radical (unpaired) electrons. The lowest BCUT2D eigenvalue weighted by molar-refractivity contribution is -0.604. The summed E-state index contributed by atoms with van der Waals surface area (Å²) in [5, 5.41) is 12.0. The van der Waals surface area contributed by atoms with Crippen LogP contribution in [0.25, 0.3) is 56.6 Å². The number of thioether (sulfide) groups is 1. The molecule has 0 N–H and O–H groups in total. The molecule has 0 aliphatic carbocycles. The Bertz CT molecular complexity index is 2650. The van der Waals surface area contributed by atoms with Gasteiger partial charge < -0.3 is 5.21 Å². The number of aromatic nitrogens is 10. The van der Waals surface area contributed by atoms with Crippen LogP contribution in [0.2, 0.25) is 0 Å². The molecule has 0 unspecified atom stereocenters. The van der Waals surface area contributed by atoms with E-state index in [0.29, 0.717) is 43.8 Å². The molecule has 8 aromatic rings. The highest BCUT2D eigenvalue weighted by molar-refractivity contribution is 7.98. The monoisotopic (exact) mass is 722 g/mol. The van der Waals surface area contributed by atoms with Crippen LogP contribution in [0.15, 0.2) is 121 Å². The first kappa shape index (κ1) is 33.3. The number of benzene rings is 2. The van der Waals surface area contributed by atoms with Crippen LogP contribution >= 0.6 is 11.8 Å². The SMILES string of the molecule is CS(=O)(=O)c1nccc(-c2c(-c3ccc(F)cc3)nc3c[n+]([O-])ccn23)n1.CSc1nccc(-c2c(-c3ccc(F)cc3)nc3cnccn23)n1. The Morgan fingerprint density at radius 1 is 0.725 bits per heavy atom. The largest absolute Gasteiger partial charge is 0.619 e. The second-order valence-electron chi connectivity index (χ2n) is 10.9. The highest BCUT2D eigenvalue weighted by Gasteiger charge is 2.21. The van der Waals surface area contributed by atoms with Gasteiger partial charge in [-0.2, -0.15) is 4.73 Å². The molecule has 0 aliphatic heterocycles. The summed E-state index contributed by atoms with van der Waals surface area (Å²) in [5.74, 6) is -0.680. The molecule has 6 heterocycles. The molecular formula is C34H24F2N10O3S2. The first-order chi connectivity index (χ1) is 24.6.